The van der Waals surface area contributed by atoms with Crippen molar-refractivity contribution in [3.05, 3.63) is 12.4 Å². The maximum absolute atomic E-state index is 2.30. The molecule has 0 saturated carbocycles. The SMILES string of the molecule is CCCCCCCCCCCCCCCCCC[NH+]1C=C[N+](C)=C1.[Cl-]. The molecule has 0 aromatic heterocycles. The van der Waals surface area contributed by atoms with Crippen LogP contribution < -0.4 is 17.3 Å². The molecule has 1 rings (SSSR count). The van der Waals surface area contributed by atoms with E-state index in [-0.39, 0.29) is 12.4 Å². The highest BCUT2D eigenvalue weighted by molar-refractivity contribution is 5.38. The first-order chi connectivity index (χ1) is 11.8. The molecule has 1 atom stereocenters. The number of nitrogens with one attached hydrogen (secondary N) is 1. The molecule has 3 heteroatoms. The lowest BCUT2D eigenvalue weighted by molar-refractivity contribution is -0.748. The maximum atomic E-state index is 2.30. The van der Waals surface area contributed by atoms with E-state index in [0.717, 1.165) is 0 Å². The van der Waals surface area contributed by atoms with Crippen molar-refractivity contribution in [1.29, 1.82) is 0 Å². The zero-order valence-corrected chi connectivity index (χ0v) is 17.8. The van der Waals surface area contributed by atoms with Gasteiger partial charge in [0.25, 0.3) is 0 Å². The number of hydrogen-bond donors (Lipinski definition) is 1. The van der Waals surface area contributed by atoms with E-state index >= 15 is 0 Å². The third kappa shape index (κ3) is 15.6. The van der Waals surface area contributed by atoms with Gasteiger partial charge in [-0.05, 0) is 12.8 Å². The summed E-state index contributed by atoms with van der Waals surface area (Å²) in [5.41, 5.74) is 0. The van der Waals surface area contributed by atoms with E-state index in [0.29, 0.717) is 0 Å². The number of unbranched alkanes of at least 4 members (excludes halogenated alkanes) is 15. The van der Waals surface area contributed by atoms with Gasteiger partial charge in [0.1, 0.15) is 7.05 Å². The lowest BCUT2D eigenvalue weighted by atomic mass is 10.0. The lowest BCUT2D eigenvalue weighted by Crippen LogP contribution is -3.05. The van der Waals surface area contributed by atoms with Crippen LogP contribution in [0.2, 0.25) is 0 Å². The van der Waals surface area contributed by atoms with Gasteiger partial charge in [0, 0.05) is 0 Å². The Morgan fingerprint density at radius 3 is 1.40 bits per heavy atom. The van der Waals surface area contributed by atoms with Gasteiger partial charge in [0.05, 0.1) is 6.54 Å². The second-order valence-electron chi connectivity index (χ2n) is 7.74. The third-order valence-corrected chi connectivity index (χ3v) is 5.21. The summed E-state index contributed by atoms with van der Waals surface area (Å²) in [5.74, 6) is 0. The van der Waals surface area contributed by atoms with Crippen LogP contribution in [-0.2, 0) is 0 Å². The fourth-order valence-electron chi connectivity index (χ4n) is 3.59. The van der Waals surface area contributed by atoms with E-state index in [2.05, 4.69) is 37.3 Å². The second kappa shape index (κ2) is 18.5. The van der Waals surface area contributed by atoms with Crippen LogP contribution >= 0.6 is 0 Å². The van der Waals surface area contributed by atoms with Crippen molar-refractivity contribution in [3.63, 3.8) is 0 Å². The first kappa shape index (κ1) is 24.7. The lowest BCUT2D eigenvalue weighted by Gasteiger charge is -2.04. The van der Waals surface area contributed by atoms with Crippen molar-refractivity contribution < 1.29 is 21.9 Å². The Morgan fingerprint density at radius 1 is 0.640 bits per heavy atom. The van der Waals surface area contributed by atoms with Gasteiger partial charge >= 0.3 is 6.34 Å². The zero-order valence-electron chi connectivity index (χ0n) is 17.1. The molecule has 0 amide bonds. The van der Waals surface area contributed by atoms with E-state index in [1.54, 1.807) is 0 Å². The summed E-state index contributed by atoms with van der Waals surface area (Å²) in [5, 5.41) is 0. The predicted molar refractivity (Wildman–Crippen MR) is 107 cm³/mol. The van der Waals surface area contributed by atoms with Crippen LogP contribution in [0.5, 0.6) is 0 Å². The summed E-state index contributed by atoms with van der Waals surface area (Å²) in [7, 11) is 2.11. The molecule has 0 saturated heterocycles. The van der Waals surface area contributed by atoms with Crippen molar-refractivity contribution in [2.75, 3.05) is 13.6 Å². The molecule has 0 spiro atoms. The largest absolute Gasteiger partial charge is 1.00 e. The van der Waals surface area contributed by atoms with E-state index in [4.69, 9.17) is 0 Å². The van der Waals surface area contributed by atoms with E-state index in [1.165, 1.54) is 114 Å². The molecule has 2 nitrogen and oxygen atoms in total. The molecular weight excluding hydrogens is 328 g/mol. The molecule has 1 unspecified atom stereocenters. The second-order valence-corrected chi connectivity index (χ2v) is 7.74. The van der Waals surface area contributed by atoms with Crippen LogP contribution in [-0.4, -0.2) is 24.5 Å². The summed E-state index contributed by atoms with van der Waals surface area (Å²) in [4.78, 5) is 1.50. The molecule has 0 aliphatic carbocycles. The van der Waals surface area contributed by atoms with Crippen molar-refractivity contribution in [2.45, 2.75) is 110 Å². The molecule has 0 aromatic carbocycles. The van der Waals surface area contributed by atoms with Crippen molar-refractivity contribution in [1.82, 2.24) is 0 Å². The molecule has 1 aliphatic heterocycles. The van der Waals surface area contributed by atoms with Gasteiger partial charge in [0.2, 0.25) is 6.20 Å². The molecule has 0 bridgehead atoms. The van der Waals surface area contributed by atoms with E-state index < -0.39 is 0 Å². The molecular formula is C22H44ClN2+. The number of quaternary nitrogens is 1. The quantitative estimate of drug-likeness (QED) is 0.296. The first-order valence-corrected chi connectivity index (χ1v) is 10.9. The molecule has 1 aliphatic rings. The minimum absolute atomic E-state index is 0. The van der Waals surface area contributed by atoms with Crippen molar-refractivity contribution in [3.8, 4) is 0 Å². The summed E-state index contributed by atoms with van der Waals surface area (Å²) in [6.45, 7) is 3.56. The Balaban J connectivity index is 0.00000576. The topological polar surface area (TPSA) is 7.45 Å². The molecule has 0 fully saturated rings. The number of halogens is 1. The Kier molecular flexibility index (Phi) is 18.2. The highest BCUT2D eigenvalue weighted by Gasteiger charge is 2.12. The summed E-state index contributed by atoms with van der Waals surface area (Å²) in [6, 6.07) is 0. The van der Waals surface area contributed by atoms with Crippen LogP contribution in [0.3, 0.4) is 0 Å². The summed E-state index contributed by atoms with van der Waals surface area (Å²) < 4.78 is 2.15. The van der Waals surface area contributed by atoms with Gasteiger partial charge in [-0.1, -0.05) is 96.8 Å². The maximum Gasteiger partial charge on any atom is 0.335 e. The van der Waals surface area contributed by atoms with Crippen molar-refractivity contribution in [2.24, 2.45) is 0 Å². The fourth-order valence-corrected chi connectivity index (χ4v) is 3.59. The Morgan fingerprint density at radius 2 is 1.04 bits per heavy atom. The van der Waals surface area contributed by atoms with Crippen LogP contribution in [0.25, 0.3) is 0 Å². The van der Waals surface area contributed by atoms with Gasteiger partial charge in [0.15, 0.2) is 6.20 Å². The smallest absolute Gasteiger partial charge is 0.335 e. The van der Waals surface area contributed by atoms with Gasteiger partial charge in [-0.3, -0.25) is 0 Å². The molecule has 1 N–H and O–H groups in total. The Hall–Kier alpha value is -0.340. The normalized spacial score (nSPS) is 16.1. The minimum Gasteiger partial charge on any atom is -1.00 e. The first-order valence-electron chi connectivity index (χ1n) is 10.9. The average molecular weight is 372 g/mol. The van der Waals surface area contributed by atoms with E-state index in [1.807, 2.05) is 0 Å². The van der Waals surface area contributed by atoms with Crippen LogP contribution in [0.1, 0.15) is 110 Å². The third-order valence-electron chi connectivity index (χ3n) is 5.21. The minimum atomic E-state index is 0. The van der Waals surface area contributed by atoms with Crippen LogP contribution in [0.4, 0.5) is 0 Å². The monoisotopic (exact) mass is 371 g/mol. The van der Waals surface area contributed by atoms with Crippen LogP contribution in [0, 0.1) is 0 Å². The number of nitrogens with zero attached hydrogens (tertiary/aromatic N) is 1. The van der Waals surface area contributed by atoms with Gasteiger partial charge in [-0.15, -0.1) is 0 Å². The molecule has 148 valence electrons. The molecule has 0 aromatic rings. The fraction of sp³-hybridized carbons (Fsp3) is 0.864. The molecule has 1 heterocycles. The number of hydrogen-bond acceptors (Lipinski definition) is 0. The standard InChI is InChI=1S/C22H43N2.ClH/c1-3-4-5-6-7-8-9-10-11-12-13-14-15-16-17-18-19-24-21-20-23(2)22-24;/h20-22H,3-19H2,1-2H3;1H/q+1;. The zero-order chi connectivity index (χ0) is 17.3. The highest BCUT2D eigenvalue weighted by atomic mass is 35.5. The molecule has 25 heavy (non-hydrogen) atoms. The average Bonchev–Trinajstić information content (AvgIpc) is 3.00. The predicted octanol–water partition coefficient (Wildman–Crippen LogP) is 2.29. The summed E-state index contributed by atoms with van der Waals surface area (Å²) in [6.07, 6.45) is 29.8. The van der Waals surface area contributed by atoms with Gasteiger partial charge in [-0.2, -0.15) is 4.58 Å². The van der Waals surface area contributed by atoms with E-state index in [9.17, 15) is 0 Å². The summed E-state index contributed by atoms with van der Waals surface area (Å²) >= 11 is 0. The van der Waals surface area contributed by atoms with Gasteiger partial charge in [-0.25, -0.2) is 4.90 Å². The van der Waals surface area contributed by atoms with Gasteiger partial charge < -0.3 is 12.4 Å². The Labute approximate surface area is 164 Å². The molecule has 0 radical (unpaired) electrons. The Bertz CT molecular complexity index is 339. The highest BCUT2D eigenvalue weighted by Crippen LogP contribution is 2.13. The number of rotatable bonds is 17. The van der Waals surface area contributed by atoms with Crippen molar-refractivity contribution >= 4 is 6.34 Å². The van der Waals surface area contributed by atoms with Crippen LogP contribution in [0.15, 0.2) is 12.4 Å².